The van der Waals surface area contributed by atoms with Gasteiger partial charge in [-0.05, 0) is 50.3 Å². The van der Waals surface area contributed by atoms with Crippen molar-refractivity contribution in [2.45, 2.75) is 39.2 Å². The maximum atomic E-state index is 6.30. The summed E-state index contributed by atoms with van der Waals surface area (Å²) in [6.07, 6.45) is 2.76. The van der Waals surface area contributed by atoms with Gasteiger partial charge in [0.05, 0.1) is 12.8 Å². The zero-order valence-corrected chi connectivity index (χ0v) is 13.4. The van der Waals surface area contributed by atoms with E-state index in [0.29, 0.717) is 0 Å². The molecule has 0 amide bonds. The minimum Gasteiger partial charge on any atom is -0.496 e. The van der Waals surface area contributed by atoms with Crippen LogP contribution in [-0.2, 0) is 19.9 Å². The lowest BCUT2D eigenvalue weighted by atomic mass is 9.98. The first-order chi connectivity index (χ1) is 10.0. The molecular formula is C17H25N3O. The summed E-state index contributed by atoms with van der Waals surface area (Å²) in [5.74, 6) is 0.918. The first-order valence-electron chi connectivity index (χ1n) is 7.39. The molecule has 2 N–H and O–H groups in total. The smallest absolute Gasteiger partial charge is 0.122 e. The fourth-order valence-electron chi connectivity index (χ4n) is 2.77. The fraction of sp³-hybridized carbons (Fsp3) is 0.471. The minimum absolute atomic E-state index is 0.125. The number of nitrogens with zero attached hydrogens (tertiary/aromatic N) is 2. The van der Waals surface area contributed by atoms with E-state index in [0.717, 1.165) is 30.7 Å². The molecule has 114 valence electrons. The largest absolute Gasteiger partial charge is 0.496 e. The molecule has 0 bridgehead atoms. The molecule has 0 saturated heterocycles. The van der Waals surface area contributed by atoms with Crippen molar-refractivity contribution >= 4 is 0 Å². The SMILES string of the molecule is COc1ccccc1CC(N)CCc1c(C)nn(C)c1C. The van der Waals surface area contributed by atoms with Gasteiger partial charge >= 0.3 is 0 Å². The zero-order chi connectivity index (χ0) is 15.4. The number of methoxy groups -OCH3 is 1. The molecule has 1 unspecified atom stereocenters. The first kappa shape index (κ1) is 15.6. The van der Waals surface area contributed by atoms with E-state index in [-0.39, 0.29) is 6.04 Å². The van der Waals surface area contributed by atoms with Crippen LogP contribution in [0.1, 0.15) is 28.9 Å². The van der Waals surface area contributed by atoms with Crippen LogP contribution in [0.2, 0.25) is 0 Å². The second kappa shape index (κ2) is 6.76. The van der Waals surface area contributed by atoms with E-state index in [4.69, 9.17) is 10.5 Å². The molecule has 4 nitrogen and oxygen atoms in total. The third kappa shape index (κ3) is 3.64. The second-order valence-electron chi connectivity index (χ2n) is 5.59. The lowest BCUT2D eigenvalue weighted by Crippen LogP contribution is -2.24. The number of ether oxygens (including phenoxy) is 1. The van der Waals surface area contributed by atoms with Gasteiger partial charge in [0.2, 0.25) is 0 Å². The fourth-order valence-corrected chi connectivity index (χ4v) is 2.77. The van der Waals surface area contributed by atoms with Gasteiger partial charge in [-0.25, -0.2) is 0 Å². The van der Waals surface area contributed by atoms with Crippen molar-refractivity contribution in [3.63, 3.8) is 0 Å². The van der Waals surface area contributed by atoms with Crippen molar-refractivity contribution in [2.75, 3.05) is 7.11 Å². The van der Waals surface area contributed by atoms with Crippen LogP contribution in [0.25, 0.3) is 0 Å². The van der Waals surface area contributed by atoms with Gasteiger partial charge in [-0.15, -0.1) is 0 Å². The Bertz CT molecular complexity index is 604. The number of rotatable bonds is 6. The number of aromatic nitrogens is 2. The topological polar surface area (TPSA) is 53.1 Å². The molecule has 1 atom stereocenters. The van der Waals surface area contributed by atoms with Gasteiger partial charge < -0.3 is 10.5 Å². The Morgan fingerprint density at radius 1 is 1.29 bits per heavy atom. The Kier molecular flexibility index (Phi) is 5.02. The highest BCUT2D eigenvalue weighted by atomic mass is 16.5. The van der Waals surface area contributed by atoms with Crippen molar-refractivity contribution < 1.29 is 4.74 Å². The van der Waals surface area contributed by atoms with Crippen LogP contribution >= 0.6 is 0 Å². The summed E-state index contributed by atoms with van der Waals surface area (Å²) >= 11 is 0. The summed E-state index contributed by atoms with van der Waals surface area (Å²) in [5, 5.41) is 4.46. The molecule has 1 aromatic carbocycles. The summed E-state index contributed by atoms with van der Waals surface area (Å²) < 4.78 is 7.32. The van der Waals surface area contributed by atoms with Gasteiger partial charge in [-0.2, -0.15) is 5.10 Å². The Labute approximate surface area is 126 Å². The predicted molar refractivity (Wildman–Crippen MR) is 85.7 cm³/mol. The molecular weight excluding hydrogens is 262 g/mol. The van der Waals surface area contributed by atoms with Crippen LogP contribution in [0.15, 0.2) is 24.3 Å². The van der Waals surface area contributed by atoms with Crippen LogP contribution in [0.5, 0.6) is 5.75 Å². The molecule has 1 heterocycles. The number of nitrogens with two attached hydrogens (primary N) is 1. The third-order valence-electron chi connectivity index (χ3n) is 4.10. The molecule has 0 aliphatic heterocycles. The molecule has 0 aliphatic carbocycles. The van der Waals surface area contributed by atoms with E-state index in [1.54, 1.807) is 7.11 Å². The standard InChI is InChI=1S/C17H25N3O/c1-12-16(13(2)20(3)19-12)10-9-15(18)11-14-7-5-6-8-17(14)21-4/h5-8,15H,9-11,18H2,1-4H3. The molecule has 0 radical (unpaired) electrons. The zero-order valence-electron chi connectivity index (χ0n) is 13.4. The second-order valence-corrected chi connectivity index (χ2v) is 5.59. The summed E-state index contributed by atoms with van der Waals surface area (Å²) in [4.78, 5) is 0. The molecule has 21 heavy (non-hydrogen) atoms. The minimum atomic E-state index is 0.125. The molecule has 0 aliphatic rings. The normalized spacial score (nSPS) is 12.4. The summed E-state index contributed by atoms with van der Waals surface area (Å²) in [5.41, 5.74) is 11.1. The van der Waals surface area contributed by atoms with Crippen molar-refractivity contribution in [3.05, 3.63) is 46.8 Å². The summed E-state index contributed by atoms with van der Waals surface area (Å²) in [7, 11) is 3.69. The average Bonchev–Trinajstić information content (AvgIpc) is 2.71. The quantitative estimate of drug-likeness (QED) is 0.888. The van der Waals surface area contributed by atoms with Gasteiger partial charge in [0.25, 0.3) is 0 Å². The van der Waals surface area contributed by atoms with Gasteiger partial charge in [0.1, 0.15) is 5.75 Å². The molecule has 2 aromatic rings. The molecule has 0 fully saturated rings. The number of hydrogen-bond donors (Lipinski definition) is 1. The molecule has 2 rings (SSSR count). The predicted octanol–water partition coefficient (Wildman–Crippen LogP) is 2.55. The lowest BCUT2D eigenvalue weighted by Gasteiger charge is -2.14. The maximum absolute atomic E-state index is 6.30. The monoisotopic (exact) mass is 287 g/mol. The van der Waals surface area contributed by atoms with E-state index in [2.05, 4.69) is 25.0 Å². The Hall–Kier alpha value is -1.81. The molecule has 4 heteroatoms. The third-order valence-corrected chi connectivity index (χ3v) is 4.10. The van der Waals surface area contributed by atoms with Crippen LogP contribution in [0, 0.1) is 13.8 Å². The van der Waals surface area contributed by atoms with Crippen LogP contribution < -0.4 is 10.5 Å². The van der Waals surface area contributed by atoms with Crippen LogP contribution in [-0.4, -0.2) is 22.9 Å². The highest BCUT2D eigenvalue weighted by Crippen LogP contribution is 2.20. The Morgan fingerprint density at radius 3 is 2.62 bits per heavy atom. The number of aryl methyl sites for hydroxylation is 2. The van der Waals surface area contributed by atoms with Gasteiger partial charge in [-0.1, -0.05) is 18.2 Å². The Morgan fingerprint density at radius 2 is 2.00 bits per heavy atom. The highest BCUT2D eigenvalue weighted by molar-refractivity contribution is 5.34. The van der Waals surface area contributed by atoms with Crippen LogP contribution in [0.4, 0.5) is 0 Å². The van der Waals surface area contributed by atoms with E-state index >= 15 is 0 Å². The van der Waals surface area contributed by atoms with Crippen molar-refractivity contribution in [2.24, 2.45) is 12.8 Å². The van der Waals surface area contributed by atoms with Gasteiger partial charge in [-0.3, -0.25) is 4.68 Å². The summed E-state index contributed by atoms with van der Waals surface area (Å²) in [6.45, 7) is 4.18. The molecule has 0 spiro atoms. The van der Waals surface area contributed by atoms with Crippen molar-refractivity contribution in [3.8, 4) is 5.75 Å². The van der Waals surface area contributed by atoms with E-state index in [9.17, 15) is 0 Å². The number of benzene rings is 1. The molecule has 0 saturated carbocycles. The van der Waals surface area contributed by atoms with Crippen molar-refractivity contribution in [1.82, 2.24) is 9.78 Å². The average molecular weight is 287 g/mol. The van der Waals surface area contributed by atoms with E-state index < -0.39 is 0 Å². The van der Waals surface area contributed by atoms with E-state index in [1.807, 2.05) is 29.9 Å². The lowest BCUT2D eigenvalue weighted by molar-refractivity contribution is 0.407. The van der Waals surface area contributed by atoms with Crippen molar-refractivity contribution in [1.29, 1.82) is 0 Å². The summed E-state index contributed by atoms with van der Waals surface area (Å²) in [6, 6.07) is 8.20. The maximum Gasteiger partial charge on any atom is 0.122 e. The van der Waals surface area contributed by atoms with Gasteiger partial charge in [0.15, 0.2) is 0 Å². The molecule has 1 aromatic heterocycles. The number of hydrogen-bond acceptors (Lipinski definition) is 3. The number of para-hydroxylation sites is 1. The van der Waals surface area contributed by atoms with Gasteiger partial charge in [0, 0.05) is 18.8 Å². The Balaban J connectivity index is 1.97. The first-order valence-corrected chi connectivity index (χ1v) is 7.39. The van der Waals surface area contributed by atoms with Crippen LogP contribution in [0.3, 0.4) is 0 Å². The van der Waals surface area contributed by atoms with E-state index in [1.165, 1.54) is 16.8 Å². The highest BCUT2D eigenvalue weighted by Gasteiger charge is 2.13.